The molecule has 0 saturated carbocycles. The first-order valence-corrected chi connectivity index (χ1v) is 8.85. The lowest BCUT2D eigenvalue weighted by molar-refractivity contribution is -0.118. The van der Waals surface area contributed by atoms with Gasteiger partial charge in [0.1, 0.15) is 15.7 Å². The summed E-state index contributed by atoms with van der Waals surface area (Å²) >= 11 is 1.24. The summed E-state index contributed by atoms with van der Waals surface area (Å²) in [5, 5.41) is 2.59. The van der Waals surface area contributed by atoms with Crippen molar-refractivity contribution >= 4 is 27.5 Å². The van der Waals surface area contributed by atoms with Crippen molar-refractivity contribution in [1.82, 2.24) is 5.32 Å². The van der Waals surface area contributed by atoms with Crippen LogP contribution in [0.4, 0.5) is 4.39 Å². The van der Waals surface area contributed by atoms with Crippen molar-refractivity contribution < 1.29 is 17.6 Å². The van der Waals surface area contributed by atoms with Crippen LogP contribution in [0.1, 0.15) is 5.56 Å². The highest BCUT2D eigenvalue weighted by molar-refractivity contribution is 8.01. The lowest BCUT2D eigenvalue weighted by Gasteiger charge is -2.06. The minimum absolute atomic E-state index is 0.0538. The molecule has 0 aliphatic carbocycles. The molecular weight excluding hydrogens is 289 g/mol. The molecule has 1 amide bonds. The van der Waals surface area contributed by atoms with E-state index >= 15 is 0 Å². The van der Waals surface area contributed by atoms with Crippen molar-refractivity contribution in [3.05, 3.63) is 35.6 Å². The lowest BCUT2D eigenvalue weighted by Crippen LogP contribution is -2.25. The van der Waals surface area contributed by atoms with Crippen LogP contribution in [0, 0.1) is 5.82 Å². The van der Waals surface area contributed by atoms with Gasteiger partial charge in [0.15, 0.2) is 0 Å². The Morgan fingerprint density at radius 2 is 2.05 bits per heavy atom. The standard InChI is InChI=1S/C12H16FNO3S2/c1-19(16,17)7-6-18-9-12(15)14-8-10-4-2-3-5-11(10)13/h2-5H,6-9H2,1H3,(H,14,15). The number of carbonyl (C=O) groups excluding carboxylic acids is 1. The van der Waals surface area contributed by atoms with E-state index in [-0.39, 0.29) is 29.8 Å². The first kappa shape index (κ1) is 16.0. The minimum Gasteiger partial charge on any atom is -0.351 e. The van der Waals surface area contributed by atoms with Crippen molar-refractivity contribution in [3.63, 3.8) is 0 Å². The number of thioether (sulfide) groups is 1. The Labute approximate surface area is 116 Å². The maximum atomic E-state index is 13.3. The quantitative estimate of drug-likeness (QED) is 0.769. The van der Waals surface area contributed by atoms with E-state index < -0.39 is 9.84 Å². The number of carbonyl (C=O) groups is 1. The first-order valence-electron chi connectivity index (χ1n) is 5.64. The highest BCUT2D eigenvalue weighted by Crippen LogP contribution is 2.06. The molecule has 0 spiro atoms. The van der Waals surface area contributed by atoms with E-state index in [4.69, 9.17) is 0 Å². The molecule has 1 N–H and O–H groups in total. The molecule has 7 heteroatoms. The number of hydrogen-bond acceptors (Lipinski definition) is 4. The fraction of sp³-hybridized carbons (Fsp3) is 0.417. The molecule has 0 bridgehead atoms. The normalized spacial score (nSPS) is 11.3. The molecule has 0 aliphatic heterocycles. The average molecular weight is 305 g/mol. The van der Waals surface area contributed by atoms with E-state index in [2.05, 4.69) is 5.32 Å². The zero-order valence-electron chi connectivity index (χ0n) is 10.6. The van der Waals surface area contributed by atoms with Gasteiger partial charge >= 0.3 is 0 Å². The molecule has 0 aromatic heterocycles. The summed E-state index contributed by atoms with van der Waals surface area (Å²) in [7, 11) is -2.99. The third kappa shape index (κ3) is 7.17. The van der Waals surface area contributed by atoms with Gasteiger partial charge in [0, 0.05) is 24.1 Å². The zero-order chi connectivity index (χ0) is 14.3. The first-order chi connectivity index (χ1) is 8.88. The number of hydrogen-bond donors (Lipinski definition) is 1. The maximum Gasteiger partial charge on any atom is 0.230 e. The highest BCUT2D eigenvalue weighted by atomic mass is 32.2. The second-order valence-electron chi connectivity index (χ2n) is 4.05. The molecule has 19 heavy (non-hydrogen) atoms. The molecule has 0 atom stereocenters. The summed E-state index contributed by atoms with van der Waals surface area (Å²) in [6.45, 7) is 0.137. The smallest absolute Gasteiger partial charge is 0.230 e. The second-order valence-corrected chi connectivity index (χ2v) is 7.42. The van der Waals surface area contributed by atoms with Crippen LogP contribution < -0.4 is 5.32 Å². The summed E-state index contributed by atoms with van der Waals surface area (Å²) in [6.07, 6.45) is 1.16. The summed E-state index contributed by atoms with van der Waals surface area (Å²) in [5.41, 5.74) is 0.428. The van der Waals surface area contributed by atoms with Crippen LogP contribution in [0.2, 0.25) is 0 Å². The van der Waals surface area contributed by atoms with Crippen molar-refractivity contribution in [2.75, 3.05) is 23.5 Å². The Kier molecular flexibility index (Phi) is 6.30. The van der Waals surface area contributed by atoms with Gasteiger partial charge in [-0.3, -0.25) is 4.79 Å². The molecule has 0 heterocycles. The van der Waals surface area contributed by atoms with Gasteiger partial charge in [0.25, 0.3) is 0 Å². The second kappa shape index (κ2) is 7.49. The molecule has 106 valence electrons. The molecule has 0 fully saturated rings. The number of rotatable bonds is 7. The number of halogens is 1. The van der Waals surface area contributed by atoms with Gasteiger partial charge in [-0.2, -0.15) is 11.8 Å². The molecule has 1 aromatic carbocycles. The molecule has 0 unspecified atom stereocenters. The number of sulfone groups is 1. The third-order valence-corrected chi connectivity index (χ3v) is 4.43. The van der Waals surface area contributed by atoms with Crippen LogP contribution in [0.25, 0.3) is 0 Å². The predicted octanol–water partition coefficient (Wildman–Crippen LogP) is 1.22. The summed E-state index contributed by atoms with van der Waals surface area (Å²) in [5.74, 6) is 0.0167. The fourth-order valence-electron chi connectivity index (χ4n) is 1.26. The average Bonchev–Trinajstić information content (AvgIpc) is 2.32. The summed E-state index contributed by atoms with van der Waals surface area (Å²) < 4.78 is 35.0. The third-order valence-electron chi connectivity index (χ3n) is 2.27. The van der Waals surface area contributed by atoms with Gasteiger partial charge in [0.2, 0.25) is 5.91 Å². The Morgan fingerprint density at radius 1 is 1.37 bits per heavy atom. The molecule has 1 rings (SSSR count). The molecule has 0 radical (unpaired) electrons. The maximum absolute atomic E-state index is 13.3. The van der Waals surface area contributed by atoms with E-state index in [0.29, 0.717) is 11.3 Å². The Morgan fingerprint density at radius 3 is 2.68 bits per heavy atom. The number of benzene rings is 1. The van der Waals surface area contributed by atoms with E-state index in [9.17, 15) is 17.6 Å². The minimum atomic E-state index is -2.99. The lowest BCUT2D eigenvalue weighted by atomic mass is 10.2. The summed E-state index contributed by atoms with van der Waals surface area (Å²) in [4.78, 5) is 11.4. The highest BCUT2D eigenvalue weighted by Gasteiger charge is 2.06. The largest absolute Gasteiger partial charge is 0.351 e. The van der Waals surface area contributed by atoms with Crippen LogP contribution >= 0.6 is 11.8 Å². The number of amides is 1. The van der Waals surface area contributed by atoms with Crippen molar-refractivity contribution in [1.29, 1.82) is 0 Å². The van der Waals surface area contributed by atoms with Crippen LogP contribution in [0.15, 0.2) is 24.3 Å². The Bertz CT molecular complexity index is 532. The van der Waals surface area contributed by atoms with Gasteiger partial charge in [-0.15, -0.1) is 0 Å². The molecule has 0 saturated heterocycles. The van der Waals surface area contributed by atoms with E-state index in [1.165, 1.54) is 17.8 Å². The van der Waals surface area contributed by atoms with E-state index in [1.807, 2.05) is 0 Å². The monoisotopic (exact) mass is 305 g/mol. The predicted molar refractivity (Wildman–Crippen MR) is 75.3 cm³/mol. The van der Waals surface area contributed by atoms with Gasteiger partial charge in [-0.05, 0) is 6.07 Å². The zero-order valence-corrected chi connectivity index (χ0v) is 12.2. The van der Waals surface area contributed by atoms with Crippen molar-refractivity contribution in [3.8, 4) is 0 Å². The van der Waals surface area contributed by atoms with Gasteiger partial charge in [0.05, 0.1) is 11.5 Å². The molecular formula is C12H16FNO3S2. The van der Waals surface area contributed by atoms with Crippen LogP contribution in [0.3, 0.4) is 0 Å². The topological polar surface area (TPSA) is 63.2 Å². The van der Waals surface area contributed by atoms with Crippen molar-refractivity contribution in [2.24, 2.45) is 0 Å². The Hall–Kier alpha value is -1.08. The molecule has 1 aromatic rings. The SMILES string of the molecule is CS(=O)(=O)CCSCC(=O)NCc1ccccc1F. The fourth-order valence-corrected chi connectivity index (χ4v) is 3.38. The number of nitrogens with one attached hydrogen (secondary N) is 1. The van der Waals surface area contributed by atoms with Gasteiger partial charge < -0.3 is 5.32 Å². The van der Waals surface area contributed by atoms with Gasteiger partial charge in [-0.1, -0.05) is 18.2 Å². The van der Waals surface area contributed by atoms with Crippen LogP contribution in [-0.4, -0.2) is 37.8 Å². The van der Waals surface area contributed by atoms with E-state index in [1.54, 1.807) is 18.2 Å². The van der Waals surface area contributed by atoms with Gasteiger partial charge in [-0.25, -0.2) is 12.8 Å². The molecule has 4 nitrogen and oxygen atoms in total. The Balaban J connectivity index is 2.24. The summed E-state index contributed by atoms with van der Waals surface area (Å²) in [6, 6.07) is 6.22. The van der Waals surface area contributed by atoms with Crippen molar-refractivity contribution in [2.45, 2.75) is 6.54 Å². The van der Waals surface area contributed by atoms with Crippen LogP contribution in [-0.2, 0) is 21.2 Å². The van der Waals surface area contributed by atoms with Crippen LogP contribution in [0.5, 0.6) is 0 Å². The molecule has 0 aliphatic rings. The van der Waals surface area contributed by atoms with E-state index in [0.717, 1.165) is 6.26 Å².